The molecule has 0 radical (unpaired) electrons. The number of para-hydroxylation sites is 1. The summed E-state index contributed by atoms with van der Waals surface area (Å²) in [7, 11) is 0. The van der Waals surface area contributed by atoms with Gasteiger partial charge < -0.3 is 10.6 Å². The number of carbonyl (C=O) groups excluding carboxylic acids is 2. The average molecular weight is 345 g/mol. The molecule has 0 spiro atoms. The summed E-state index contributed by atoms with van der Waals surface area (Å²) >= 11 is 5.84. The van der Waals surface area contributed by atoms with Gasteiger partial charge in [-0.25, -0.2) is 0 Å². The van der Waals surface area contributed by atoms with Crippen LogP contribution < -0.4 is 10.6 Å². The third-order valence-corrected chi connectivity index (χ3v) is 3.46. The number of hydrogen-bond acceptors (Lipinski definition) is 2. The van der Waals surface area contributed by atoms with E-state index in [4.69, 9.17) is 11.6 Å². The minimum absolute atomic E-state index is 0.187. The fraction of sp³-hybridized carbons (Fsp3) is 0.263. The van der Waals surface area contributed by atoms with Crippen LogP contribution in [0.2, 0.25) is 5.02 Å². The molecule has 2 aromatic rings. The van der Waals surface area contributed by atoms with Crippen molar-refractivity contribution in [1.82, 2.24) is 5.32 Å². The maximum atomic E-state index is 12.4. The molecule has 0 fully saturated rings. The van der Waals surface area contributed by atoms with Crippen molar-refractivity contribution < 1.29 is 9.59 Å². The maximum Gasteiger partial charge on any atom is 0.253 e. The van der Waals surface area contributed by atoms with Gasteiger partial charge in [0.15, 0.2) is 0 Å². The normalized spacial score (nSPS) is 11.0. The van der Waals surface area contributed by atoms with Gasteiger partial charge in [0, 0.05) is 10.6 Å². The molecule has 24 heavy (non-hydrogen) atoms. The highest BCUT2D eigenvalue weighted by Gasteiger charge is 2.18. The number of nitrogens with one attached hydrogen (secondary N) is 2. The Morgan fingerprint density at radius 1 is 1.00 bits per heavy atom. The van der Waals surface area contributed by atoms with Gasteiger partial charge in [-0.1, -0.05) is 35.9 Å². The lowest BCUT2D eigenvalue weighted by atomic mass is 10.1. The summed E-state index contributed by atoms with van der Waals surface area (Å²) in [6, 6.07) is 14.1. The fourth-order valence-corrected chi connectivity index (χ4v) is 2.31. The minimum atomic E-state index is -0.350. The van der Waals surface area contributed by atoms with Crippen molar-refractivity contribution in [3.63, 3.8) is 0 Å². The molecule has 2 N–H and O–H groups in total. The van der Waals surface area contributed by atoms with Crippen LogP contribution in [0, 0.1) is 0 Å². The van der Waals surface area contributed by atoms with Gasteiger partial charge in [0.2, 0.25) is 5.91 Å². The molecular weight excluding hydrogens is 324 g/mol. The topological polar surface area (TPSA) is 58.2 Å². The van der Waals surface area contributed by atoms with E-state index >= 15 is 0 Å². The van der Waals surface area contributed by atoms with Crippen molar-refractivity contribution in [1.29, 1.82) is 0 Å². The highest BCUT2D eigenvalue weighted by atomic mass is 35.5. The second-order valence-corrected chi connectivity index (χ2v) is 7.04. The molecule has 0 atom stereocenters. The number of rotatable bonds is 4. The van der Waals surface area contributed by atoms with Crippen LogP contribution >= 0.6 is 11.6 Å². The minimum Gasteiger partial charge on any atom is -0.347 e. The molecular formula is C19H21ClN2O2. The number of anilines is 1. The Morgan fingerprint density at radius 3 is 2.25 bits per heavy atom. The third-order valence-electron chi connectivity index (χ3n) is 3.21. The summed E-state index contributed by atoms with van der Waals surface area (Å²) in [6.07, 6.45) is 0.215. The van der Waals surface area contributed by atoms with Gasteiger partial charge >= 0.3 is 0 Å². The lowest BCUT2D eigenvalue weighted by Crippen LogP contribution is -2.40. The smallest absolute Gasteiger partial charge is 0.253 e. The first-order valence-electron chi connectivity index (χ1n) is 7.70. The zero-order chi connectivity index (χ0) is 17.7. The maximum absolute atomic E-state index is 12.4. The number of carbonyl (C=O) groups is 2. The van der Waals surface area contributed by atoms with Crippen LogP contribution in [0.5, 0.6) is 0 Å². The summed E-state index contributed by atoms with van der Waals surface area (Å²) in [4.78, 5) is 24.6. The van der Waals surface area contributed by atoms with Gasteiger partial charge in [-0.05, 0) is 50.6 Å². The Hall–Kier alpha value is -2.33. The average Bonchev–Trinajstić information content (AvgIpc) is 2.48. The van der Waals surface area contributed by atoms with E-state index < -0.39 is 0 Å². The highest BCUT2D eigenvalue weighted by molar-refractivity contribution is 6.30. The molecule has 4 nitrogen and oxygen atoms in total. The van der Waals surface area contributed by atoms with Gasteiger partial charge in [0.25, 0.3) is 5.91 Å². The third kappa shape index (κ3) is 5.39. The van der Waals surface area contributed by atoms with Crippen LogP contribution in [0.15, 0.2) is 48.5 Å². The molecule has 0 aromatic heterocycles. The summed E-state index contributed by atoms with van der Waals surface area (Å²) in [6.45, 7) is 5.73. The summed E-state index contributed by atoms with van der Waals surface area (Å²) in [5.41, 5.74) is 1.45. The van der Waals surface area contributed by atoms with E-state index in [2.05, 4.69) is 10.6 Å². The number of benzene rings is 2. The first-order valence-corrected chi connectivity index (χ1v) is 8.08. The van der Waals surface area contributed by atoms with Crippen LogP contribution in [-0.2, 0) is 11.2 Å². The lowest BCUT2D eigenvalue weighted by Gasteiger charge is -2.21. The van der Waals surface area contributed by atoms with E-state index in [0.29, 0.717) is 16.3 Å². The molecule has 2 rings (SSSR count). The van der Waals surface area contributed by atoms with Crippen LogP contribution in [0.1, 0.15) is 36.7 Å². The molecule has 0 saturated heterocycles. The predicted octanol–water partition coefficient (Wildman–Crippen LogP) is 4.05. The van der Waals surface area contributed by atoms with Gasteiger partial charge in [0.05, 0.1) is 17.7 Å². The van der Waals surface area contributed by atoms with Crippen molar-refractivity contribution in [2.75, 3.05) is 5.32 Å². The second kappa shape index (κ2) is 7.49. The molecule has 0 heterocycles. The molecule has 0 unspecified atom stereocenters. The van der Waals surface area contributed by atoms with E-state index in [1.54, 1.807) is 48.5 Å². The first kappa shape index (κ1) is 18.0. The van der Waals surface area contributed by atoms with Crippen molar-refractivity contribution in [2.45, 2.75) is 32.7 Å². The molecule has 0 aliphatic carbocycles. The molecule has 126 valence electrons. The number of halogens is 1. The largest absolute Gasteiger partial charge is 0.347 e. The van der Waals surface area contributed by atoms with Gasteiger partial charge in [0.1, 0.15) is 0 Å². The van der Waals surface area contributed by atoms with Crippen LogP contribution in [0.4, 0.5) is 5.69 Å². The molecule has 0 bridgehead atoms. The molecule has 0 saturated carbocycles. The Morgan fingerprint density at radius 2 is 1.62 bits per heavy atom. The van der Waals surface area contributed by atoms with Gasteiger partial charge in [-0.2, -0.15) is 0 Å². The summed E-state index contributed by atoms with van der Waals surface area (Å²) in [5.74, 6) is -0.404. The highest BCUT2D eigenvalue weighted by Crippen LogP contribution is 2.17. The van der Waals surface area contributed by atoms with Gasteiger partial charge in [-0.3, -0.25) is 9.59 Å². The first-order chi connectivity index (χ1) is 11.2. The Bertz CT molecular complexity index is 734. The molecule has 2 amide bonds. The van der Waals surface area contributed by atoms with Crippen molar-refractivity contribution in [2.24, 2.45) is 0 Å². The molecule has 2 aromatic carbocycles. The number of amides is 2. The molecule has 5 heteroatoms. The Labute approximate surface area is 147 Å². The molecule has 0 aliphatic rings. The fourth-order valence-electron chi connectivity index (χ4n) is 2.18. The van der Waals surface area contributed by atoms with Crippen LogP contribution in [0.3, 0.4) is 0 Å². The Kier molecular flexibility index (Phi) is 5.62. The standard InChI is InChI=1S/C19H21ClN2O2/c1-19(2,3)22-18(24)15-6-4-5-7-16(15)21-17(23)12-13-8-10-14(20)11-9-13/h4-11H,12H2,1-3H3,(H,21,23)(H,22,24). The monoisotopic (exact) mass is 344 g/mol. The zero-order valence-corrected chi connectivity index (χ0v) is 14.8. The van der Waals surface area contributed by atoms with Crippen molar-refractivity contribution in [3.8, 4) is 0 Å². The van der Waals surface area contributed by atoms with Gasteiger partial charge in [-0.15, -0.1) is 0 Å². The van der Waals surface area contributed by atoms with E-state index in [9.17, 15) is 9.59 Å². The van der Waals surface area contributed by atoms with E-state index in [-0.39, 0.29) is 23.8 Å². The van der Waals surface area contributed by atoms with Crippen LogP contribution in [0.25, 0.3) is 0 Å². The zero-order valence-electron chi connectivity index (χ0n) is 14.0. The van der Waals surface area contributed by atoms with Crippen molar-refractivity contribution in [3.05, 3.63) is 64.7 Å². The second-order valence-electron chi connectivity index (χ2n) is 6.60. The van der Waals surface area contributed by atoms with E-state index in [1.165, 1.54) is 0 Å². The SMILES string of the molecule is CC(C)(C)NC(=O)c1ccccc1NC(=O)Cc1ccc(Cl)cc1. The lowest BCUT2D eigenvalue weighted by molar-refractivity contribution is -0.115. The summed E-state index contributed by atoms with van der Waals surface area (Å²) in [5, 5.41) is 6.34. The van der Waals surface area contributed by atoms with E-state index in [0.717, 1.165) is 5.56 Å². The van der Waals surface area contributed by atoms with Crippen molar-refractivity contribution >= 4 is 29.1 Å². The van der Waals surface area contributed by atoms with Crippen LogP contribution in [-0.4, -0.2) is 17.4 Å². The molecule has 0 aliphatic heterocycles. The Balaban J connectivity index is 2.10. The quantitative estimate of drug-likeness (QED) is 0.879. The number of hydrogen-bond donors (Lipinski definition) is 2. The predicted molar refractivity (Wildman–Crippen MR) is 97.4 cm³/mol. The summed E-state index contributed by atoms with van der Waals surface area (Å²) < 4.78 is 0. The van der Waals surface area contributed by atoms with E-state index in [1.807, 2.05) is 20.8 Å².